The number of aromatic nitrogens is 2. The lowest BCUT2D eigenvalue weighted by Gasteiger charge is -2.07. The summed E-state index contributed by atoms with van der Waals surface area (Å²) in [5, 5.41) is 6.35. The van der Waals surface area contributed by atoms with Crippen molar-refractivity contribution in [2.24, 2.45) is 5.73 Å². The molecule has 4 N–H and O–H groups in total. The number of nitrogens with one attached hydrogen (secondary N) is 2. The third kappa shape index (κ3) is 4.60. The van der Waals surface area contributed by atoms with Gasteiger partial charge in [-0.15, -0.1) is 0 Å². The summed E-state index contributed by atoms with van der Waals surface area (Å²) in [6.07, 6.45) is 3.87. The highest BCUT2D eigenvalue weighted by Crippen LogP contribution is 2.07. The molecule has 0 fully saturated rings. The number of unbranched alkanes of at least 4 members (excludes halogenated alkanes) is 1. The lowest BCUT2D eigenvalue weighted by atomic mass is 10.3. The monoisotopic (exact) mass is 209 g/mol. The molecule has 0 radical (unpaired) electrons. The molecular formula is C10H19N5. The van der Waals surface area contributed by atoms with Crippen molar-refractivity contribution in [3.05, 3.63) is 12.4 Å². The Kier molecular flexibility index (Phi) is 5.47. The molecule has 1 aromatic heterocycles. The van der Waals surface area contributed by atoms with Crippen LogP contribution in [0.2, 0.25) is 0 Å². The van der Waals surface area contributed by atoms with E-state index in [-0.39, 0.29) is 0 Å². The number of nitrogens with two attached hydrogens (primary N) is 1. The molecule has 0 aliphatic carbocycles. The Balaban J connectivity index is 2.42. The van der Waals surface area contributed by atoms with Crippen molar-refractivity contribution in [2.45, 2.75) is 19.8 Å². The molecule has 0 amide bonds. The fourth-order valence-electron chi connectivity index (χ4n) is 1.14. The second-order valence-electron chi connectivity index (χ2n) is 3.28. The van der Waals surface area contributed by atoms with Crippen molar-refractivity contribution < 1.29 is 0 Å². The molecular weight excluding hydrogens is 190 g/mol. The summed E-state index contributed by atoms with van der Waals surface area (Å²) < 4.78 is 0. The van der Waals surface area contributed by atoms with E-state index in [2.05, 4.69) is 27.5 Å². The normalized spacial score (nSPS) is 10.0. The van der Waals surface area contributed by atoms with E-state index in [1.807, 2.05) is 6.07 Å². The highest BCUT2D eigenvalue weighted by atomic mass is 15.1. The summed E-state index contributed by atoms with van der Waals surface area (Å²) in [6, 6.07) is 1.89. The maximum absolute atomic E-state index is 5.39. The van der Waals surface area contributed by atoms with Gasteiger partial charge in [-0.25, -0.2) is 9.97 Å². The second-order valence-corrected chi connectivity index (χ2v) is 3.28. The van der Waals surface area contributed by atoms with Gasteiger partial charge in [-0.3, -0.25) is 0 Å². The molecule has 0 bridgehead atoms. The first-order chi connectivity index (χ1) is 7.36. The maximum Gasteiger partial charge on any atom is 0.131 e. The first-order valence-electron chi connectivity index (χ1n) is 5.36. The van der Waals surface area contributed by atoms with Gasteiger partial charge in [0.2, 0.25) is 0 Å². The number of hydrogen-bond acceptors (Lipinski definition) is 5. The molecule has 0 aliphatic heterocycles. The fraction of sp³-hybridized carbons (Fsp3) is 0.600. The summed E-state index contributed by atoms with van der Waals surface area (Å²) in [4.78, 5) is 8.21. The van der Waals surface area contributed by atoms with E-state index in [4.69, 9.17) is 5.73 Å². The molecule has 1 aromatic rings. The Bertz CT molecular complexity index is 276. The van der Waals surface area contributed by atoms with Gasteiger partial charge in [-0.1, -0.05) is 13.3 Å². The van der Waals surface area contributed by atoms with Gasteiger partial charge in [0.25, 0.3) is 0 Å². The number of rotatable bonds is 7. The average Bonchev–Trinajstić information content (AvgIpc) is 2.27. The summed E-state index contributed by atoms with van der Waals surface area (Å²) >= 11 is 0. The third-order valence-electron chi connectivity index (χ3n) is 1.95. The molecule has 84 valence electrons. The summed E-state index contributed by atoms with van der Waals surface area (Å²) in [6.45, 7) is 4.44. The quantitative estimate of drug-likeness (QED) is 0.585. The highest BCUT2D eigenvalue weighted by Gasteiger charge is 1.96. The largest absolute Gasteiger partial charge is 0.370 e. The van der Waals surface area contributed by atoms with Crippen LogP contribution in [-0.4, -0.2) is 29.6 Å². The minimum atomic E-state index is 0.600. The topological polar surface area (TPSA) is 75.9 Å². The zero-order chi connectivity index (χ0) is 10.9. The molecule has 0 aliphatic rings. The lowest BCUT2D eigenvalue weighted by Crippen LogP contribution is -2.14. The molecule has 1 heterocycles. The van der Waals surface area contributed by atoms with Crippen LogP contribution in [0.25, 0.3) is 0 Å². The summed E-state index contributed by atoms with van der Waals surface area (Å²) in [5.74, 6) is 1.67. The van der Waals surface area contributed by atoms with Crippen LogP contribution in [-0.2, 0) is 0 Å². The molecule has 5 heteroatoms. The van der Waals surface area contributed by atoms with Crippen LogP contribution < -0.4 is 16.4 Å². The van der Waals surface area contributed by atoms with Crippen LogP contribution in [0.15, 0.2) is 12.4 Å². The summed E-state index contributed by atoms with van der Waals surface area (Å²) in [5.41, 5.74) is 5.39. The third-order valence-corrected chi connectivity index (χ3v) is 1.95. The maximum atomic E-state index is 5.39. The van der Waals surface area contributed by atoms with Crippen molar-refractivity contribution in [3.63, 3.8) is 0 Å². The predicted octanol–water partition coefficient (Wildman–Crippen LogP) is 1.06. The van der Waals surface area contributed by atoms with Crippen LogP contribution in [0, 0.1) is 0 Å². The highest BCUT2D eigenvalue weighted by molar-refractivity contribution is 5.46. The Morgan fingerprint density at radius 2 is 1.87 bits per heavy atom. The van der Waals surface area contributed by atoms with Crippen LogP contribution in [0.3, 0.4) is 0 Å². The molecule has 5 nitrogen and oxygen atoms in total. The van der Waals surface area contributed by atoms with E-state index in [0.29, 0.717) is 6.54 Å². The van der Waals surface area contributed by atoms with Crippen molar-refractivity contribution in [3.8, 4) is 0 Å². The minimum absolute atomic E-state index is 0.600. The van der Waals surface area contributed by atoms with Crippen LogP contribution in [0.1, 0.15) is 19.8 Å². The Labute approximate surface area is 90.5 Å². The van der Waals surface area contributed by atoms with Gasteiger partial charge >= 0.3 is 0 Å². The van der Waals surface area contributed by atoms with E-state index in [1.165, 1.54) is 6.42 Å². The molecule has 0 aromatic carbocycles. The van der Waals surface area contributed by atoms with Gasteiger partial charge in [0.15, 0.2) is 0 Å². The predicted molar refractivity (Wildman–Crippen MR) is 63.0 cm³/mol. The van der Waals surface area contributed by atoms with E-state index < -0.39 is 0 Å². The second kappa shape index (κ2) is 7.00. The molecule has 0 spiro atoms. The van der Waals surface area contributed by atoms with Gasteiger partial charge in [0.1, 0.15) is 18.0 Å². The average molecular weight is 209 g/mol. The summed E-state index contributed by atoms with van der Waals surface area (Å²) in [7, 11) is 0. The van der Waals surface area contributed by atoms with Crippen molar-refractivity contribution in [1.82, 2.24) is 9.97 Å². The molecule has 0 saturated carbocycles. The van der Waals surface area contributed by atoms with E-state index in [1.54, 1.807) is 6.33 Å². The smallest absolute Gasteiger partial charge is 0.131 e. The number of hydrogen-bond donors (Lipinski definition) is 3. The molecule has 0 unspecified atom stereocenters. The Hall–Kier alpha value is -1.36. The number of nitrogens with zero attached hydrogens (tertiary/aromatic N) is 2. The SMILES string of the molecule is CCCCNc1cc(NCCN)ncn1. The van der Waals surface area contributed by atoms with Gasteiger partial charge in [0, 0.05) is 25.7 Å². The van der Waals surface area contributed by atoms with Crippen molar-refractivity contribution in [2.75, 3.05) is 30.3 Å². The van der Waals surface area contributed by atoms with E-state index in [0.717, 1.165) is 31.1 Å². The van der Waals surface area contributed by atoms with E-state index in [9.17, 15) is 0 Å². The van der Waals surface area contributed by atoms with Crippen LogP contribution in [0.5, 0.6) is 0 Å². The van der Waals surface area contributed by atoms with Gasteiger partial charge < -0.3 is 16.4 Å². The van der Waals surface area contributed by atoms with Crippen molar-refractivity contribution >= 4 is 11.6 Å². The standard InChI is InChI=1S/C10H19N5/c1-2-3-5-12-9-7-10(13-6-4-11)15-8-14-9/h7-8H,2-6,11H2,1H3,(H2,12,13,14,15). The van der Waals surface area contributed by atoms with Crippen molar-refractivity contribution in [1.29, 1.82) is 0 Å². The first-order valence-corrected chi connectivity index (χ1v) is 5.36. The molecule has 15 heavy (non-hydrogen) atoms. The van der Waals surface area contributed by atoms with Gasteiger partial charge in [-0.05, 0) is 6.42 Å². The van der Waals surface area contributed by atoms with Crippen LogP contribution in [0.4, 0.5) is 11.6 Å². The zero-order valence-corrected chi connectivity index (χ0v) is 9.16. The Morgan fingerprint density at radius 1 is 1.20 bits per heavy atom. The number of anilines is 2. The molecule has 0 saturated heterocycles. The van der Waals surface area contributed by atoms with E-state index >= 15 is 0 Å². The van der Waals surface area contributed by atoms with Gasteiger partial charge in [0.05, 0.1) is 0 Å². The fourth-order valence-corrected chi connectivity index (χ4v) is 1.14. The van der Waals surface area contributed by atoms with Crippen LogP contribution >= 0.6 is 0 Å². The first kappa shape index (κ1) is 11.7. The zero-order valence-electron chi connectivity index (χ0n) is 9.16. The molecule has 1 rings (SSSR count). The lowest BCUT2D eigenvalue weighted by molar-refractivity contribution is 0.830. The minimum Gasteiger partial charge on any atom is -0.370 e. The molecule has 0 atom stereocenters. The van der Waals surface area contributed by atoms with Gasteiger partial charge in [-0.2, -0.15) is 0 Å². The Morgan fingerprint density at radius 3 is 2.47 bits per heavy atom.